The molecule has 6 heteroatoms. The average Bonchev–Trinajstić information content (AvgIpc) is 3.13. The molecule has 0 unspecified atom stereocenters. The van der Waals surface area contributed by atoms with E-state index in [1.54, 1.807) is 13.4 Å². The summed E-state index contributed by atoms with van der Waals surface area (Å²) in [6.07, 6.45) is 6.10. The van der Waals surface area contributed by atoms with E-state index in [0.29, 0.717) is 25.6 Å². The number of carbonyl (C=O) groups excluding carboxylic acids is 1. The van der Waals surface area contributed by atoms with Crippen molar-refractivity contribution in [3.8, 4) is 0 Å². The molecule has 1 amide bonds. The van der Waals surface area contributed by atoms with E-state index in [4.69, 9.17) is 4.74 Å². The third kappa shape index (κ3) is 5.40. The molecule has 0 radical (unpaired) electrons. The zero-order chi connectivity index (χ0) is 13.5. The van der Waals surface area contributed by atoms with Crippen LogP contribution in [0.2, 0.25) is 0 Å². The van der Waals surface area contributed by atoms with Gasteiger partial charge in [-0.15, -0.1) is 0 Å². The Morgan fingerprint density at radius 2 is 2.42 bits per heavy atom. The molecule has 1 aliphatic carbocycles. The summed E-state index contributed by atoms with van der Waals surface area (Å²) >= 11 is 0. The Balaban J connectivity index is 1.65. The van der Waals surface area contributed by atoms with Gasteiger partial charge in [-0.2, -0.15) is 0 Å². The molecular formula is C13H22N4O2. The first-order valence-electron chi connectivity index (χ1n) is 6.75. The number of nitrogens with one attached hydrogen (secondary N) is 2. The predicted octanol–water partition coefficient (Wildman–Crippen LogP) is 0.145. The minimum absolute atomic E-state index is 0.0585. The molecule has 0 spiro atoms. The summed E-state index contributed by atoms with van der Waals surface area (Å²) in [4.78, 5) is 15.9. The Kier molecular flexibility index (Phi) is 5.35. The largest absolute Gasteiger partial charge is 0.383 e. The van der Waals surface area contributed by atoms with E-state index in [-0.39, 0.29) is 5.91 Å². The number of carbonyl (C=O) groups is 1. The van der Waals surface area contributed by atoms with Crippen LogP contribution in [0.4, 0.5) is 0 Å². The lowest BCUT2D eigenvalue weighted by Crippen LogP contribution is -2.28. The second-order valence-corrected chi connectivity index (χ2v) is 4.95. The molecule has 2 N–H and O–H groups in total. The summed E-state index contributed by atoms with van der Waals surface area (Å²) in [7, 11) is 1.68. The Labute approximate surface area is 113 Å². The highest BCUT2D eigenvalue weighted by molar-refractivity contribution is 5.75. The van der Waals surface area contributed by atoms with E-state index in [1.165, 1.54) is 12.8 Å². The fourth-order valence-corrected chi connectivity index (χ4v) is 1.78. The van der Waals surface area contributed by atoms with Gasteiger partial charge in [-0.05, 0) is 18.8 Å². The number of rotatable bonds is 9. The van der Waals surface area contributed by atoms with Crippen LogP contribution in [0.15, 0.2) is 12.5 Å². The van der Waals surface area contributed by atoms with Gasteiger partial charge in [0.05, 0.1) is 18.6 Å². The number of hydrogen-bond donors (Lipinski definition) is 2. The van der Waals surface area contributed by atoms with Crippen molar-refractivity contribution in [2.45, 2.75) is 25.9 Å². The average molecular weight is 266 g/mol. The first kappa shape index (κ1) is 14.0. The highest BCUT2D eigenvalue weighted by Gasteiger charge is 2.21. The van der Waals surface area contributed by atoms with E-state index in [0.717, 1.165) is 18.8 Å². The smallest absolute Gasteiger partial charge is 0.239 e. The van der Waals surface area contributed by atoms with Crippen LogP contribution in [0.1, 0.15) is 18.5 Å². The predicted molar refractivity (Wildman–Crippen MR) is 71.5 cm³/mol. The van der Waals surface area contributed by atoms with Crippen molar-refractivity contribution in [2.75, 3.05) is 26.8 Å². The molecule has 0 atom stereocenters. The summed E-state index contributed by atoms with van der Waals surface area (Å²) in [5, 5.41) is 6.16. The number of amides is 1. The number of aromatic nitrogens is 2. The molecule has 106 valence electrons. The Bertz CT molecular complexity index is 401. The lowest BCUT2D eigenvalue weighted by Gasteiger charge is -2.04. The lowest BCUT2D eigenvalue weighted by molar-refractivity contribution is -0.121. The van der Waals surface area contributed by atoms with Crippen LogP contribution in [0.5, 0.6) is 0 Å². The molecule has 1 saturated carbocycles. The van der Waals surface area contributed by atoms with Crippen molar-refractivity contribution < 1.29 is 9.53 Å². The molecule has 2 rings (SSSR count). The van der Waals surface area contributed by atoms with Crippen LogP contribution in [0, 0.1) is 5.92 Å². The standard InChI is InChI=1S/C13H22N4O2/c1-19-5-4-14-7-12-8-17(10-16-12)9-13(18)15-6-11-2-3-11/h8,10-11,14H,2-7,9H2,1H3,(H,15,18). The maximum Gasteiger partial charge on any atom is 0.239 e. The second kappa shape index (κ2) is 7.25. The molecule has 19 heavy (non-hydrogen) atoms. The van der Waals surface area contributed by atoms with E-state index in [9.17, 15) is 4.79 Å². The number of nitrogens with zero attached hydrogens (tertiary/aromatic N) is 2. The first-order valence-corrected chi connectivity index (χ1v) is 6.75. The summed E-state index contributed by atoms with van der Waals surface area (Å²) in [5.74, 6) is 0.774. The van der Waals surface area contributed by atoms with Gasteiger partial charge in [0.2, 0.25) is 5.91 Å². The zero-order valence-electron chi connectivity index (χ0n) is 11.4. The van der Waals surface area contributed by atoms with Crippen LogP contribution in [0.3, 0.4) is 0 Å². The van der Waals surface area contributed by atoms with E-state index in [2.05, 4.69) is 15.6 Å². The van der Waals surface area contributed by atoms with Crippen LogP contribution in [0.25, 0.3) is 0 Å². The molecule has 1 heterocycles. The molecule has 6 nitrogen and oxygen atoms in total. The van der Waals surface area contributed by atoms with Gasteiger partial charge < -0.3 is 19.9 Å². The van der Waals surface area contributed by atoms with Gasteiger partial charge >= 0.3 is 0 Å². The minimum atomic E-state index is 0.0585. The van der Waals surface area contributed by atoms with Crippen molar-refractivity contribution in [3.63, 3.8) is 0 Å². The first-order chi connectivity index (χ1) is 9.28. The van der Waals surface area contributed by atoms with E-state index in [1.807, 2.05) is 10.8 Å². The fourth-order valence-electron chi connectivity index (χ4n) is 1.78. The Morgan fingerprint density at radius 1 is 1.58 bits per heavy atom. The van der Waals surface area contributed by atoms with Crippen LogP contribution >= 0.6 is 0 Å². The van der Waals surface area contributed by atoms with Crippen molar-refractivity contribution in [1.29, 1.82) is 0 Å². The molecule has 1 aromatic heterocycles. The summed E-state index contributed by atoms with van der Waals surface area (Å²) in [6.45, 7) is 3.34. The Morgan fingerprint density at radius 3 is 3.16 bits per heavy atom. The third-order valence-electron chi connectivity index (χ3n) is 3.09. The van der Waals surface area contributed by atoms with Gasteiger partial charge in [0.1, 0.15) is 6.54 Å². The topological polar surface area (TPSA) is 68.2 Å². The number of hydrogen-bond acceptors (Lipinski definition) is 4. The molecule has 0 saturated heterocycles. The van der Waals surface area contributed by atoms with Crippen molar-refractivity contribution >= 4 is 5.91 Å². The molecule has 0 bridgehead atoms. The molecule has 1 fully saturated rings. The third-order valence-corrected chi connectivity index (χ3v) is 3.09. The normalized spacial score (nSPS) is 14.6. The summed E-state index contributed by atoms with van der Waals surface area (Å²) in [6, 6.07) is 0. The summed E-state index contributed by atoms with van der Waals surface area (Å²) in [5.41, 5.74) is 0.936. The minimum Gasteiger partial charge on any atom is -0.383 e. The van der Waals surface area contributed by atoms with Gasteiger partial charge in [0.25, 0.3) is 0 Å². The number of methoxy groups -OCH3 is 1. The molecule has 1 aromatic rings. The van der Waals surface area contributed by atoms with Gasteiger partial charge in [-0.3, -0.25) is 4.79 Å². The fraction of sp³-hybridized carbons (Fsp3) is 0.692. The van der Waals surface area contributed by atoms with Crippen molar-refractivity contribution in [1.82, 2.24) is 20.2 Å². The van der Waals surface area contributed by atoms with Crippen molar-refractivity contribution in [2.24, 2.45) is 5.92 Å². The van der Waals surface area contributed by atoms with E-state index < -0.39 is 0 Å². The second-order valence-electron chi connectivity index (χ2n) is 4.95. The number of ether oxygens (including phenoxy) is 1. The monoisotopic (exact) mass is 266 g/mol. The van der Waals surface area contributed by atoms with Crippen molar-refractivity contribution in [3.05, 3.63) is 18.2 Å². The molecular weight excluding hydrogens is 244 g/mol. The number of imidazole rings is 1. The highest BCUT2D eigenvalue weighted by Crippen LogP contribution is 2.27. The van der Waals surface area contributed by atoms with Crippen LogP contribution in [-0.2, 0) is 22.6 Å². The van der Waals surface area contributed by atoms with Gasteiger partial charge in [0.15, 0.2) is 0 Å². The van der Waals surface area contributed by atoms with Gasteiger partial charge in [0, 0.05) is 32.9 Å². The maximum absolute atomic E-state index is 11.7. The van der Waals surface area contributed by atoms with Crippen LogP contribution in [-0.4, -0.2) is 42.3 Å². The van der Waals surface area contributed by atoms with Gasteiger partial charge in [-0.25, -0.2) is 4.98 Å². The zero-order valence-corrected chi connectivity index (χ0v) is 11.4. The highest BCUT2D eigenvalue weighted by atomic mass is 16.5. The van der Waals surface area contributed by atoms with Gasteiger partial charge in [-0.1, -0.05) is 0 Å². The lowest BCUT2D eigenvalue weighted by atomic mass is 10.4. The quantitative estimate of drug-likeness (QED) is 0.624. The maximum atomic E-state index is 11.7. The SMILES string of the molecule is COCCNCc1cn(CC(=O)NCC2CC2)cn1. The molecule has 1 aliphatic rings. The molecule has 0 aromatic carbocycles. The molecule has 0 aliphatic heterocycles. The van der Waals surface area contributed by atoms with E-state index >= 15 is 0 Å². The summed E-state index contributed by atoms with van der Waals surface area (Å²) < 4.78 is 6.76. The Hall–Kier alpha value is -1.40. The van der Waals surface area contributed by atoms with Crippen LogP contribution < -0.4 is 10.6 Å².